The molecule has 2 aromatic rings. The van der Waals surface area contributed by atoms with E-state index in [1.54, 1.807) is 13.2 Å². The van der Waals surface area contributed by atoms with E-state index in [0.717, 1.165) is 5.76 Å². The fraction of sp³-hybridized carbons (Fsp3) is 0.364. The van der Waals surface area contributed by atoms with Crippen LogP contribution >= 0.6 is 0 Å². The van der Waals surface area contributed by atoms with Gasteiger partial charge in [0.15, 0.2) is 0 Å². The molecule has 0 atom stereocenters. The lowest BCUT2D eigenvalue weighted by Gasteiger charge is -1.94. The van der Waals surface area contributed by atoms with Crippen molar-refractivity contribution >= 4 is 5.97 Å². The third-order valence-corrected chi connectivity index (χ3v) is 2.18. The zero-order chi connectivity index (χ0) is 12.1. The molecule has 0 amide bonds. The lowest BCUT2D eigenvalue weighted by Crippen LogP contribution is -2.06. The minimum atomic E-state index is -0.506. The van der Waals surface area contributed by atoms with Crippen molar-refractivity contribution in [3.63, 3.8) is 0 Å². The molecule has 17 heavy (non-hydrogen) atoms. The smallest absolute Gasteiger partial charge is 0.378 e. The van der Waals surface area contributed by atoms with Crippen molar-refractivity contribution in [3.05, 3.63) is 35.8 Å². The first kappa shape index (κ1) is 11.4. The molecule has 2 heterocycles. The molecule has 0 bridgehead atoms. The fourth-order valence-corrected chi connectivity index (χ4v) is 1.39. The molecular weight excluding hydrogens is 222 g/mol. The van der Waals surface area contributed by atoms with E-state index in [-0.39, 0.29) is 5.82 Å². The Morgan fingerprint density at radius 2 is 2.41 bits per heavy atom. The highest BCUT2D eigenvalue weighted by Crippen LogP contribution is 2.05. The maximum Gasteiger partial charge on any atom is 0.378 e. The summed E-state index contributed by atoms with van der Waals surface area (Å²) < 4.78 is 9.98. The highest BCUT2D eigenvalue weighted by molar-refractivity contribution is 5.84. The van der Waals surface area contributed by atoms with E-state index in [4.69, 9.17) is 9.15 Å². The normalized spacial score (nSPS) is 10.4. The van der Waals surface area contributed by atoms with Gasteiger partial charge in [-0.15, -0.1) is 5.10 Å². The summed E-state index contributed by atoms with van der Waals surface area (Å²) in [5, 5.41) is 6.50. The van der Waals surface area contributed by atoms with Crippen LogP contribution in [0.5, 0.6) is 0 Å². The van der Waals surface area contributed by atoms with Crippen LogP contribution in [0.1, 0.15) is 29.1 Å². The Bertz CT molecular complexity index is 476. The number of carbonyl (C=O) groups excluding carboxylic acids is 1. The molecule has 0 aliphatic rings. The van der Waals surface area contributed by atoms with Crippen LogP contribution in [-0.2, 0) is 17.6 Å². The van der Waals surface area contributed by atoms with Crippen LogP contribution in [0.4, 0.5) is 0 Å². The van der Waals surface area contributed by atoms with Crippen LogP contribution in [0.15, 0.2) is 22.8 Å². The lowest BCUT2D eigenvalue weighted by atomic mass is 10.2. The van der Waals surface area contributed by atoms with Crippen LogP contribution in [-0.4, -0.2) is 27.8 Å². The maximum absolute atomic E-state index is 11.3. The Morgan fingerprint density at radius 3 is 3.12 bits per heavy atom. The van der Waals surface area contributed by atoms with E-state index in [9.17, 15) is 4.79 Å². The number of hydrogen-bond acceptors (Lipinski definition) is 5. The second-order valence-electron chi connectivity index (χ2n) is 3.41. The van der Waals surface area contributed by atoms with Gasteiger partial charge < -0.3 is 9.15 Å². The highest BCUT2D eigenvalue weighted by Gasteiger charge is 2.13. The molecule has 1 N–H and O–H groups in total. The lowest BCUT2D eigenvalue weighted by molar-refractivity contribution is 0.0512. The summed E-state index contributed by atoms with van der Waals surface area (Å²) in [7, 11) is 0. The van der Waals surface area contributed by atoms with Gasteiger partial charge in [0.1, 0.15) is 11.6 Å². The topological polar surface area (TPSA) is 81.0 Å². The van der Waals surface area contributed by atoms with Gasteiger partial charge in [-0.3, -0.25) is 5.10 Å². The molecule has 0 saturated heterocycles. The van der Waals surface area contributed by atoms with Gasteiger partial charge in [0, 0.05) is 12.8 Å². The van der Waals surface area contributed by atoms with Gasteiger partial charge in [0.2, 0.25) is 0 Å². The van der Waals surface area contributed by atoms with E-state index in [2.05, 4.69) is 15.2 Å². The molecule has 0 fully saturated rings. The summed E-state index contributed by atoms with van der Waals surface area (Å²) in [5.74, 6) is 1.08. The summed E-state index contributed by atoms with van der Waals surface area (Å²) in [6, 6.07) is 3.72. The Hall–Kier alpha value is -2.11. The minimum Gasteiger partial charge on any atom is -0.469 e. The summed E-state index contributed by atoms with van der Waals surface area (Å²) in [4.78, 5) is 15.4. The number of aromatic nitrogens is 3. The molecule has 0 aliphatic heterocycles. The number of aryl methyl sites for hydroxylation is 2. The SMILES string of the molecule is CCOC(=O)c1n[nH]c(CCc2ccco2)n1. The second-order valence-corrected chi connectivity index (χ2v) is 3.41. The number of furan rings is 1. The minimum absolute atomic E-state index is 0.0706. The van der Waals surface area contributed by atoms with Crippen LogP contribution in [0.25, 0.3) is 0 Å². The van der Waals surface area contributed by atoms with Crippen LogP contribution in [0, 0.1) is 0 Å². The second kappa shape index (κ2) is 5.29. The quantitative estimate of drug-likeness (QED) is 0.791. The van der Waals surface area contributed by atoms with Gasteiger partial charge in [0.25, 0.3) is 5.82 Å². The van der Waals surface area contributed by atoms with E-state index in [0.29, 0.717) is 25.3 Å². The third kappa shape index (κ3) is 2.93. The van der Waals surface area contributed by atoms with Crippen molar-refractivity contribution in [1.29, 1.82) is 0 Å². The van der Waals surface area contributed by atoms with Crippen molar-refractivity contribution in [2.75, 3.05) is 6.61 Å². The van der Waals surface area contributed by atoms with Crippen molar-refractivity contribution in [3.8, 4) is 0 Å². The van der Waals surface area contributed by atoms with Gasteiger partial charge in [-0.25, -0.2) is 9.78 Å². The van der Waals surface area contributed by atoms with Crippen molar-refractivity contribution < 1.29 is 13.9 Å². The monoisotopic (exact) mass is 235 g/mol. The number of H-pyrrole nitrogens is 1. The molecule has 2 aromatic heterocycles. The first-order chi connectivity index (χ1) is 8.29. The number of ether oxygens (including phenoxy) is 1. The largest absolute Gasteiger partial charge is 0.469 e. The van der Waals surface area contributed by atoms with Gasteiger partial charge >= 0.3 is 5.97 Å². The molecule has 6 heteroatoms. The number of rotatable bonds is 5. The summed E-state index contributed by atoms with van der Waals surface area (Å²) >= 11 is 0. The molecule has 2 rings (SSSR count). The molecule has 0 unspecified atom stereocenters. The molecular formula is C11H13N3O3. The summed E-state index contributed by atoms with van der Waals surface area (Å²) in [6.07, 6.45) is 2.98. The van der Waals surface area contributed by atoms with Crippen molar-refractivity contribution in [1.82, 2.24) is 15.2 Å². The van der Waals surface area contributed by atoms with E-state index in [1.165, 1.54) is 0 Å². The van der Waals surface area contributed by atoms with Crippen LogP contribution < -0.4 is 0 Å². The zero-order valence-electron chi connectivity index (χ0n) is 9.47. The Morgan fingerprint density at radius 1 is 1.53 bits per heavy atom. The number of nitrogens with zero attached hydrogens (tertiary/aromatic N) is 2. The zero-order valence-corrected chi connectivity index (χ0v) is 9.47. The molecule has 0 saturated carbocycles. The number of hydrogen-bond donors (Lipinski definition) is 1. The van der Waals surface area contributed by atoms with Gasteiger partial charge in [-0.1, -0.05) is 0 Å². The third-order valence-electron chi connectivity index (χ3n) is 2.18. The first-order valence-corrected chi connectivity index (χ1v) is 5.40. The van der Waals surface area contributed by atoms with Crippen molar-refractivity contribution in [2.24, 2.45) is 0 Å². The van der Waals surface area contributed by atoms with Crippen molar-refractivity contribution in [2.45, 2.75) is 19.8 Å². The highest BCUT2D eigenvalue weighted by atomic mass is 16.5. The standard InChI is InChI=1S/C11H13N3O3/c1-2-16-11(15)10-12-9(13-14-10)6-5-8-4-3-7-17-8/h3-4,7H,2,5-6H2,1H3,(H,12,13,14). The molecule has 6 nitrogen and oxygen atoms in total. The first-order valence-electron chi connectivity index (χ1n) is 5.40. The molecule has 90 valence electrons. The summed E-state index contributed by atoms with van der Waals surface area (Å²) in [5.41, 5.74) is 0. The average Bonchev–Trinajstić information content (AvgIpc) is 2.98. The van der Waals surface area contributed by atoms with E-state index >= 15 is 0 Å². The predicted octanol–water partition coefficient (Wildman–Crippen LogP) is 1.36. The van der Waals surface area contributed by atoms with Gasteiger partial charge in [-0.2, -0.15) is 0 Å². The maximum atomic E-state index is 11.3. The summed E-state index contributed by atoms with van der Waals surface area (Å²) in [6.45, 7) is 2.05. The van der Waals surface area contributed by atoms with Crippen LogP contribution in [0.2, 0.25) is 0 Å². The number of nitrogens with one attached hydrogen (secondary N) is 1. The Balaban J connectivity index is 1.92. The van der Waals surface area contributed by atoms with E-state index < -0.39 is 5.97 Å². The molecule has 0 aromatic carbocycles. The van der Waals surface area contributed by atoms with Gasteiger partial charge in [-0.05, 0) is 19.1 Å². The predicted molar refractivity (Wildman–Crippen MR) is 58.5 cm³/mol. The molecule has 0 aliphatic carbocycles. The van der Waals surface area contributed by atoms with E-state index in [1.807, 2.05) is 12.1 Å². The molecule has 0 spiro atoms. The van der Waals surface area contributed by atoms with Crippen LogP contribution in [0.3, 0.4) is 0 Å². The number of aromatic amines is 1. The number of carbonyl (C=O) groups is 1. The fourth-order valence-electron chi connectivity index (χ4n) is 1.39. The number of esters is 1. The average molecular weight is 235 g/mol. The molecule has 0 radical (unpaired) electrons. The van der Waals surface area contributed by atoms with Gasteiger partial charge in [0.05, 0.1) is 12.9 Å². The Kier molecular flexibility index (Phi) is 3.54. The Labute approximate surface area is 98.0 Å².